The maximum Gasteiger partial charge on any atom is 0.224 e. The summed E-state index contributed by atoms with van der Waals surface area (Å²) in [4.78, 5) is 23.2. The highest BCUT2D eigenvalue weighted by molar-refractivity contribution is 6.30. The van der Waals surface area contributed by atoms with Gasteiger partial charge in [-0.25, -0.2) is 0 Å². The van der Waals surface area contributed by atoms with Crippen LogP contribution in [-0.4, -0.2) is 18.4 Å². The normalized spacial score (nSPS) is 21.0. The number of nitrogens with one attached hydrogen (secondary N) is 1. The molecule has 1 aliphatic rings. The number of rotatable bonds is 5. The summed E-state index contributed by atoms with van der Waals surface area (Å²) in [7, 11) is 0. The summed E-state index contributed by atoms with van der Waals surface area (Å²) in [5.41, 5.74) is 1.07. The van der Waals surface area contributed by atoms with Crippen molar-refractivity contribution in [1.82, 2.24) is 5.32 Å². The lowest BCUT2D eigenvalue weighted by molar-refractivity contribution is -0.313. The van der Waals surface area contributed by atoms with Crippen molar-refractivity contribution in [3.8, 4) is 0 Å². The van der Waals surface area contributed by atoms with Gasteiger partial charge in [0.1, 0.15) is 0 Å². The second-order valence-electron chi connectivity index (χ2n) is 5.14. The molecule has 0 unspecified atom stereocenters. The van der Waals surface area contributed by atoms with Crippen LogP contribution in [0.25, 0.3) is 0 Å². The molecule has 2 atom stereocenters. The topological polar surface area (TPSA) is 69.2 Å². The Hall–Kier alpha value is -1.81. The second kappa shape index (κ2) is 7.27. The fourth-order valence-corrected chi connectivity index (χ4v) is 2.60. The molecular formula is C16H17ClNO3-. The number of carbonyl (C=O) groups is 2. The fourth-order valence-electron chi connectivity index (χ4n) is 2.48. The summed E-state index contributed by atoms with van der Waals surface area (Å²) >= 11 is 5.81. The van der Waals surface area contributed by atoms with Gasteiger partial charge in [-0.2, -0.15) is 0 Å². The van der Waals surface area contributed by atoms with Crippen molar-refractivity contribution >= 4 is 23.5 Å². The van der Waals surface area contributed by atoms with Crippen molar-refractivity contribution in [2.24, 2.45) is 11.8 Å². The fraction of sp³-hybridized carbons (Fsp3) is 0.375. The van der Waals surface area contributed by atoms with E-state index in [1.807, 2.05) is 18.2 Å². The summed E-state index contributed by atoms with van der Waals surface area (Å²) in [5, 5.41) is 14.5. The SMILES string of the molecule is O=C([O-])[C@H]1CC=CC[C@@H]1C(=O)NCCc1ccc(Cl)cc1. The Bertz CT molecular complexity index is 539. The summed E-state index contributed by atoms with van der Waals surface area (Å²) in [6.45, 7) is 0.473. The smallest absolute Gasteiger partial charge is 0.224 e. The summed E-state index contributed by atoms with van der Waals surface area (Å²) < 4.78 is 0. The lowest BCUT2D eigenvalue weighted by Gasteiger charge is -2.28. The van der Waals surface area contributed by atoms with E-state index in [2.05, 4.69) is 5.32 Å². The highest BCUT2D eigenvalue weighted by Crippen LogP contribution is 2.25. The van der Waals surface area contributed by atoms with E-state index in [1.165, 1.54) is 0 Å². The average Bonchev–Trinajstić information content (AvgIpc) is 2.49. The Labute approximate surface area is 128 Å². The van der Waals surface area contributed by atoms with Crippen molar-refractivity contribution in [1.29, 1.82) is 0 Å². The maximum absolute atomic E-state index is 12.1. The number of halogens is 1. The van der Waals surface area contributed by atoms with E-state index < -0.39 is 17.8 Å². The third-order valence-corrected chi connectivity index (χ3v) is 3.95. The highest BCUT2D eigenvalue weighted by atomic mass is 35.5. The standard InChI is InChI=1S/C16H18ClNO3/c17-12-7-5-11(6-8-12)9-10-18-15(19)13-3-1-2-4-14(13)16(20)21/h1-2,5-8,13-14H,3-4,9-10H2,(H,18,19)(H,20,21)/p-1/t13-,14-/m0/s1. The van der Waals surface area contributed by atoms with Crippen LogP contribution in [-0.2, 0) is 16.0 Å². The Kier molecular flexibility index (Phi) is 5.39. The van der Waals surface area contributed by atoms with Crippen LogP contribution in [0.4, 0.5) is 0 Å². The van der Waals surface area contributed by atoms with E-state index in [4.69, 9.17) is 11.6 Å². The molecule has 21 heavy (non-hydrogen) atoms. The van der Waals surface area contributed by atoms with Crippen LogP contribution < -0.4 is 10.4 Å². The van der Waals surface area contributed by atoms with Crippen molar-refractivity contribution in [2.75, 3.05) is 6.54 Å². The Morgan fingerprint density at radius 3 is 2.38 bits per heavy atom. The Morgan fingerprint density at radius 2 is 1.76 bits per heavy atom. The van der Waals surface area contributed by atoms with Crippen LogP contribution in [0.1, 0.15) is 18.4 Å². The molecule has 0 saturated heterocycles. The number of carboxylic acid groups (broad SMARTS) is 1. The molecule has 0 aromatic heterocycles. The van der Waals surface area contributed by atoms with Gasteiger partial charge < -0.3 is 15.2 Å². The third-order valence-electron chi connectivity index (χ3n) is 3.70. The van der Waals surface area contributed by atoms with Gasteiger partial charge in [-0.1, -0.05) is 35.9 Å². The molecule has 0 spiro atoms. The summed E-state index contributed by atoms with van der Waals surface area (Å²) in [6, 6.07) is 7.41. The number of hydrogen-bond donors (Lipinski definition) is 1. The first-order chi connectivity index (χ1) is 10.1. The molecule has 1 amide bonds. The zero-order valence-electron chi connectivity index (χ0n) is 11.5. The molecule has 5 heteroatoms. The van der Waals surface area contributed by atoms with Gasteiger partial charge in [0.25, 0.3) is 0 Å². The maximum atomic E-state index is 12.1. The number of aliphatic carboxylic acids is 1. The molecule has 1 N–H and O–H groups in total. The highest BCUT2D eigenvalue weighted by Gasteiger charge is 2.29. The number of allylic oxidation sites excluding steroid dienone is 2. The molecule has 0 saturated carbocycles. The van der Waals surface area contributed by atoms with Crippen molar-refractivity contribution in [3.63, 3.8) is 0 Å². The Morgan fingerprint density at radius 1 is 1.14 bits per heavy atom. The largest absolute Gasteiger partial charge is 0.550 e. The van der Waals surface area contributed by atoms with Crippen LogP contribution >= 0.6 is 11.6 Å². The lowest BCUT2D eigenvalue weighted by Crippen LogP contribution is -2.44. The molecule has 1 aliphatic carbocycles. The van der Waals surface area contributed by atoms with Crippen LogP contribution in [0.15, 0.2) is 36.4 Å². The first-order valence-electron chi connectivity index (χ1n) is 6.96. The van der Waals surface area contributed by atoms with E-state index in [9.17, 15) is 14.7 Å². The molecule has 1 aromatic carbocycles. The monoisotopic (exact) mass is 306 g/mol. The van der Waals surface area contributed by atoms with Crippen molar-refractivity contribution in [3.05, 3.63) is 47.0 Å². The minimum atomic E-state index is -1.16. The minimum Gasteiger partial charge on any atom is -0.550 e. The molecule has 4 nitrogen and oxygen atoms in total. The van der Waals surface area contributed by atoms with E-state index in [-0.39, 0.29) is 5.91 Å². The molecule has 0 heterocycles. The Balaban J connectivity index is 1.85. The van der Waals surface area contributed by atoms with Crippen LogP contribution in [0.2, 0.25) is 5.02 Å². The molecule has 1 aromatic rings. The van der Waals surface area contributed by atoms with Gasteiger partial charge in [0.15, 0.2) is 0 Å². The molecule has 0 fully saturated rings. The number of amides is 1. The molecule has 0 bridgehead atoms. The molecule has 112 valence electrons. The van der Waals surface area contributed by atoms with Gasteiger partial charge >= 0.3 is 0 Å². The van der Waals surface area contributed by atoms with Crippen molar-refractivity contribution < 1.29 is 14.7 Å². The zero-order chi connectivity index (χ0) is 15.2. The van der Waals surface area contributed by atoms with Gasteiger partial charge in [-0.05, 0) is 37.0 Å². The van der Waals surface area contributed by atoms with Crippen LogP contribution in [0.5, 0.6) is 0 Å². The summed E-state index contributed by atoms with van der Waals surface area (Å²) in [5.74, 6) is -2.64. The molecule has 0 radical (unpaired) electrons. The second-order valence-corrected chi connectivity index (χ2v) is 5.58. The number of carboxylic acids is 1. The zero-order valence-corrected chi connectivity index (χ0v) is 12.3. The van der Waals surface area contributed by atoms with E-state index in [1.54, 1.807) is 18.2 Å². The van der Waals surface area contributed by atoms with Gasteiger partial charge in [0.2, 0.25) is 5.91 Å². The number of hydrogen-bond acceptors (Lipinski definition) is 3. The quantitative estimate of drug-likeness (QED) is 0.834. The predicted octanol–water partition coefficient (Wildman–Crippen LogP) is 1.33. The van der Waals surface area contributed by atoms with Gasteiger partial charge in [-0.15, -0.1) is 0 Å². The van der Waals surface area contributed by atoms with Crippen LogP contribution in [0.3, 0.4) is 0 Å². The third kappa shape index (κ3) is 4.33. The van der Waals surface area contributed by atoms with Crippen LogP contribution in [0, 0.1) is 11.8 Å². The van der Waals surface area contributed by atoms with Gasteiger partial charge in [0.05, 0.1) is 0 Å². The summed E-state index contributed by atoms with van der Waals surface area (Å²) in [6.07, 6.45) is 5.13. The van der Waals surface area contributed by atoms with Gasteiger partial charge in [-0.3, -0.25) is 4.79 Å². The van der Waals surface area contributed by atoms with E-state index in [0.717, 1.165) is 5.56 Å². The average molecular weight is 307 g/mol. The predicted molar refractivity (Wildman–Crippen MR) is 78.5 cm³/mol. The number of carbonyl (C=O) groups excluding carboxylic acids is 2. The van der Waals surface area contributed by atoms with E-state index >= 15 is 0 Å². The van der Waals surface area contributed by atoms with E-state index in [0.29, 0.717) is 30.8 Å². The van der Waals surface area contributed by atoms with Crippen molar-refractivity contribution in [2.45, 2.75) is 19.3 Å². The first kappa shape index (κ1) is 15.6. The lowest BCUT2D eigenvalue weighted by atomic mass is 9.82. The molecule has 0 aliphatic heterocycles. The first-order valence-corrected chi connectivity index (χ1v) is 7.33. The molecule has 2 rings (SSSR count). The molecular weight excluding hydrogens is 290 g/mol. The van der Waals surface area contributed by atoms with Gasteiger partial charge in [0, 0.05) is 29.4 Å². The minimum absolute atomic E-state index is 0.220. The number of benzene rings is 1.